The second-order valence-electron chi connectivity index (χ2n) is 6.52. The van der Waals surface area contributed by atoms with Gasteiger partial charge in [-0.25, -0.2) is 4.98 Å². The van der Waals surface area contributed by atoms with Crippen LogP contribution in [0.1, 0.15) is 21.6 Å². The molecule has 2 aromatic carbocycles. The summed E-state index contributed by atoms with van der Waals surface area (Å²) in [5.41, 5.74) is 4.32. The lowest BCUT2D eigenvalue weighted by Gasteiger charge is -2.18. The number of amides is 1. The Kier molecular flexibility index (Phi) is 7.08. The monoisotopic (exact) mass is 412 g/mol. The number of aromatic nitrogens is 1. The summed E-state index contributed by atoms with van der Waals surface area (Å²) < 4.78 is 16.9. The zero-order valence-electron chi connectivity index (χ0n) is 16.8. The molecule has 1 aromatic heterocycles. The SMILES string of the molecule is COc1cc(C(=O)N(C)CCOc2ccc(C)cc2)ccc1OCc1cscn1. The van der Waals surface area contributed by atoms with E-state index in [1.807, 2.05) is 36.6 Å². The number of nitrogens with zero attached hydrogens (tertiary/aromatic N) is 2. The second-order valence-corrected chi connectivity index (χ2v) is 7.24. The molecule has 0 spiro atoms. The highest BCUT2D eigenvalue weighted by Gasteiger charge is 2.15. The summed E-state index contributed by atoms with van der Waals surface area (Å²) >= 11 is 1.52. The Balaban J connectivity index is 1.56. The quantitative estimate of drug-likeness (QED) is 0.527. The van der Waals surface area contributed by atoms with Gasteiger partial charge in [0.1, 0.15) is 19.0 Å². The average Bonchev–Trinajstić information content (AvgIpc) is 3.26. The van der Waals surface area contributed by atoms with E-state index in [0.29, 0.717) is 36.8 Å². The first-order chi connectivity index (χ1) is 14.1. The number of hydrogen-bond donors (Lipinski definition) is 0. The summed E-state index contributed by atoms with van der Waals surface area (Å²) in [7, 11) is 3.30. The minimum atomic E-state index is -0.109. The maximum Gasteiger partial charge on any atom is 0.253 e. The van der Waals surface area contributed by atoms with Crippen LogP contribution in [0.15, 0.2) is 53.4 Å². The Labute approximate surface area is 174 Å². The zero-order chi connectivity index (χ0) is 20.6. The molecule has 0 atom stereocenters. The third-order valence-electron chi connectivity index (χ3n) is 4.33. The van der Waals surface area contributed by atoms with Gasteiger partial charge in [-0.1, -0.05) is 17.7 Å². The van der Waals surface area contributed by atoms with Gasteiger partial charge in [0.25, 0.3) is 5.91 Å². The molecule has 29 heavy (non-hydrogen) atoms. The molecule has 0 saturated heterocycles. The van der Waals surface area contributed by atoms with Crippen molar-refractivity contribution in [3.05, 3.63) is 70.2 Å². The van der Waals surface area contributed by atoms with Crippen molar-refractivity contribution >= 4 is 17.2 Å². The van der Waals surface area contributed by atoms with Crippen molar-refractivity contribution in [1.82, 2.24) is 9.88 Å². The number of carbonyl (C=O) groups excluding carboxylic acids is 1. The van der Waals surface area contributed by atoms with E-state index in [9.17, 15) is 4.79 Å². The predicted molar refractivity (Wildman–Crippen MR) is 113 cm³/mol. The summed E-state index contributed by atoms with van der Waals surface area (Å²) in [6.07, 6.45) is 0. The molecule has 1 amide bonds. The number of rotatable bonds is 9. The van der Waals surface area contributed by atoms with Crippen LogP contribution in [0.3, 0.4) is 0 Å². The van der Waals surface area contributed by atoms with Gasteiger partial charge in [0, 0.05) is 18.0 Å². The second kappa shape index (κ2) is 9.93. The van der Waals surface area contributed by atoms with Gasteiger partial charge < -0.3 is 19.1 Å². The Morgan fingerprint density at radius 3 is 2.59 bits per heavy atom. The van der Waals surface area contributed by atoms with Crippen molar-refractivity contribution in [3.63, 3.8) is 0 Å². The molecule has 6 nitrogen and oxygen atoms in total. The molecule has 0 saturated carbocycles. The molecule has 0 N–H and O–H groups in total. The van der Waals surface area contributed by atoms with Crippen LogP contribution in [0.2, 0.25) is 0 Å². The molecule has 1 heterocycles. The van der Waals surface area contributed by atoms with Crippen molar-refractivity contribution in [2.24, 2.45) is 0 Å². The highest BCUT2D eigenvalue weighted by atomic mass is 32.1. The molecule has 0 unspecified atom stereocenters. The first kappa shape index (κ1) is 20.7. The van der Waals surface area contributed by atoms with Crippen molar-refractivity contribution < 1.29 is 19.0 Å². The molecule has 3 rings (SSSR count). The molecule has 0 aliphatic heterocycles. The van der Waals surface area contributed by atoms with Crippen molar-refractivity contribution in [3.8, 4) is 17.2 Å². The van der Waals surface area contributed by atoms with Gasteiger partial charge in [-0.3, -0.25) is 4.79 Å². The maximum absolute atomic E-state index is 12.7. The highest BCUT2D eigenvalue weighted by Crippen LogP contribution is 2.29. The lowest BCUT2D eigenvalue weighted by atomic mass is 10.1. The fourth-order valence-electron chi connectivity index (χ4n) is 2.64. The van der Waals surface area contributed by atoms with Crippen LogP contribution in [0.5, 0.6) is 17.2 Å². The standard InChI is InChI=1S/C22H24N2O4S/c1-16-4-7-19(8-5-16)27-11-10-24(2)22(25)17-6-9-20(21(12-17)26-3)28-13-18-14-29-15-23-18/h4-9,12,14-15H,10-11,13H2,1-3H3. The molecule has 0 radical (unpaired) electrons. The minimum absolute atomic E-state index is 0.109. The van der Waals surface area contributed by atoms with E-state index in [1.54, 1.807) is 42.8 Å². The topological polar surface area (TPSA) is 60.9 Å². The smallest absolute Gasteiger partial charge is 0.253 e. The fourth-order valence-corrected chi connectivity index (χ4v) is 3.18. The molecule has 7 heteroatoms. The number of aryl methyl sites for hydroxylation is 1. The first-order valence-corrected chi connectivity index (χ1v) is 10.1. The van der Waals surface area contributed by atoms with Gasteiger partial charge in [0.15, 0.2) is 11.5 Å². The lowest BCUT2D eigenvalue weighted by molar-refractivity contribution is 0.0773. The van der Waals surface area contributed by atoms with E-state index in [1.165, 1.54) is 16.9 Å². The molecular weight excluding hydrogens is 388 g/mol. The zero-order valence-corrected chi connectivity index (χ0v) is 17.6. The van der Waals surface area contributed by atoms with Gasteiger partial charge >= 0.3 is 0 Å². The van der Waals surface area contributed by atoms with E-state index in [4.69, 9.17) is 14.2 Å². The molecular formula is C22H24N2O4S. The number of benzene rings is 2. The van der Waals surface area contributed by atoms with Crippen molar-refractivity contribution in [1.29, 1.82) is 0 Å². The van der Waals surface area contributed by atoms with Crippen LogP contribution in [-0.4, -0.2) is 43.1 Å². The van der Waals surface area contributed by atoms with Gasteiger partial charge in [-0.2, -0.15) is 0 Å². The molecule has 0 bridgehead atoms. The predicted octanol–water partition coefficient (Wildman–Crippen LogP) is 4.19. The highest BCUT2D eigenvalue weighted by molar-refractivity contribution is 7.07. The summed E-state index contributed by atoms with van der Waals surface area (Å²) in [5.74, 6) is 1.76. The van der Waals surface area contributed by atoms with Gasteiger partial charge in [-0.05, 0) is 37.3 Å². The summed E-state index contributed by atoms with van der Waals surface area (Å²) in [5, 5.41) is 1.93. The van der Waals surface area contributed by atoms with E-state index in [0.717, 1.165) is 11.4 Å². The van der Waals surface area contributed by atoms with Crippen LogP contribution in [0.25, 0.3) is 0 Å². The number of ether oxygens (including phenoxy) is 3. The minimum Gasteiger partial charge on any atom is -0.493 e. The van der Waals surface area contributed by atoms with Gasteiger partial charge in [0.05, 0.1) is 24.9 Å². The normalized spacial score (nSPS) is 10.4. The van der Waals surface area contributed by atoms with Crippen LogP contribution in [0, 0.1) is 6.92 Å². The first-order valence-electron chi connectivity index (χ1n) is 9.19. The van der Waals surface area contributed by atoms with Gasteiger partial charge in [0.2, 0.25) is 0 Å². The van der Waals surface area contributed by atoms with Crippen LogP contribution >= 0.6 is 11.3 Å². The van der Waals surface area contributed by atoms with Crippen LogP contribution < -0.4 is 14.2 Å². The lowest BCUT2D eigenvalue weighted by Crippen LogP contribution is -2.30. The Bertz CT molecular complexity index is 926. The maximum atomic E-state index is 12.7. The number of likely N-dealkylation sites (N-methyl/N-ethyl adjacent to an activating group) is 1. The number of hydrogen-bond acceptors (Lipinski definition) is 6. The van der Waals surface area contributed by atoms with E-state index in [-0.39, 0.29) is 5.91 Å². The van der Waals surface area contributed by atoms with Crippen molar-refractivity contribution in [2.45, 2.75) is 13.5 Å². The van der Waals surface area contributed by atoms with Crippen molar-refractivity contribution in [2.75, 3.05) is 27.3 Å². The molecule has 3 aromatic rings. The molecule has 0 fully saturated rings. The summed E-state index contributed by atoms with van der Waals surface area (Å²) in [6.45, 7) is 3.26. The Hall–Kier alpha value is -3.06. The number of carbonyl (C=O) groups is 1. The molecule has 0 aliphatic rings. The molecule has 152 valence electrons. The van der Waals surface area contributed by atoms with Gasteiger partial charge in [-0.15, -0.1) is 11.3 Å². The van der Waals surface area contributed by atoms with Crippen LogP contribution in [0.4, 0.5) is 0 Å². The fraction of sp³-hybridized carbons (Fsp3) is 0.273. The van der Waals surface area contributed by atoms with Crippen LogP contribution in [-0.2, 0) is 6.61 Å². The number of methoxy groups -OCH3 is 1. The van der Waals surface area contributed by atoms with E-state index in [2.05, 4.69) is 4.98 Å². The van der Waals surface area contributed by atoms with E-state index < -0.39 is 0 Å². The third kappa shape index (κ3) is 5.71. The Morgan fingerprint density at radius 2 is 1.90 bits per heavy atom. The number of thiazole rings is 1. The summed E-state index contributed by atoms with van der Waals surface area (Å²) in [4.78, 5) is 18.5. The summed E-state index contributed by atoms with van der Waals surface area (Å²) in [6, 6.07) is 13.0. The molecule has 0 aliphatic carbocycles. The Morgan fingerprint density at radius 1 is 1.10 bits per heavy atom. The average molecular weight is 413 g/mol. The third-order valence-corrected chi connectivity index (χ3v) is 4.97. The van der Waals surface area contributed by atoms with E-state index >= 15 is 0 Å². The largest absolute Gasteiger partial charge is 0.493 e.